The van der Waals surface area contributed by atoms with Crippen molar-refractivity contribution in [2.75, 3.05) is 13.1 Å². The first-order chi connectivity index (χ1) is 9.58. The number of carbonyl (C=O) groups excluding carboxylic acids is 1. The molecule has 5 heteroatoms. The molecule has 2 heterocycles. The molecule has 2 fully saturated rings. The van der Waals surface area contributed by atoms with Gasteiger partial charge in [0.2, 0.25) is 0 Å². The van der Waals surface area contributed by atoms with Crippen LogP contribution in [0.15, 0.2) is 24.3 Å². The van der Waals surface area contributed by atoms with Crippen molar-refractivity contribution in [1.29, 1.82) is 0 Å². The molecule has 0 atom stereocenters. The van der Waals surface area contributed by atoms with Gasteiger partial charge in [-0.1, -0.05) is 18.2 Å². The van der Waals surface area contributed by atoms with Gasteiger partial charge in [0.15, 0.2) is 5.69 Å². The number of carbonyl (C=O) groups is 1. The van der Waals surface area contributed by atoms with Gasteiger partial charge in [0.25, 0.3) is 5.91 Å². The number of aromatic nitrogens is 2. The molecule has 1 N–H and O–H groups in total. The Morgan fingerprint density at radius 2 is 2.05 bits per heavy atom. The zero-order valence-corrected chi connectivity index (χ0v) is 11.4. The standard InChI is InChI=1S/C15H17N3O2/c1-17-12-5-3-2-4-11(12)13(16-17)14(19)18-8-15(20,9-18)10-6-7-10/h2-5,10,20H,6-9H2,1H3. The molecular formula is C15H17N3O2. The van der Waals surface area contributed by atoms with E-state index in [-0.39, 0.29) is 5.91 Å². The SMILES string of the molecule is Cn1nc(C(=O)N2CC(O)(C3CC3)C2)c2ccccc21. The molecule has 1 amide bonds. The molecule has 1 aliphatic heterocycles. The van der Waals surface area contributed by atoms with Gasteiger partial charge in [0.1, 0.15) is 5.60 Å². The quantitative estimate of drug-likeness (QED) is 0.892. The maximum atomic E-state index is 12.5. The maximum absolute atomic E-state index is 12.5. The molecule has 5 nitrogen and oxygen atoms in total. The van der Waals surface area contributed by atoms with E-state index in [0.717, 1.165) is 23.7 Å². The number of hydrogen-bond donors (Lipinski definition) is 1. The molecule has 1 aliphatic carbocycles. The first kappa shape index (κ1) is 11.9. The van der Waals surface area contributed by atoms with Gasteiger partial charge in [-0.25, -0.2) is 0 Å². The average molecular weight is 271 g/mol. The summed E-state index contributed by atoms with van der Waals surface area (Å²) in [6, 6.07) is 7.73. The molecule has 0 unspecified atom stereocenters. The number of rotatable bonds is 2. The summed E-state index contributed by atoms with van der Waals surface area (Å²) in [6.07, 6.45) is 2.18. The molecular weight excluding hydrogens is 254 g/mol. The summed E-state index contributed by atoms with van der Waals surface area (Å²) in [5.74, 6) is 0.319. The fourth-order valence-corrected chi connectivity index (χ4v) is 3.16. The Bertz CT molecular complexity index is 696. The van der Waals surface area contributed by atoms with Crippen LogP contribution >= 0.6 is 0 Å². The fraction of sp³-hybridized carbons (Fsp3) is 0.467. The van der Waals surface area contributed by atoms with Crippen LogP contribution in [0.4, 0.5) is 0 Å². The van der Waals surface area contributed by atoms with Crippen molar-refractivity contribution in [3.05, 3.63) is 30.0 Å². The Labute approximate surface area is 116 Å². The lowest BCUT2D eigenvalue weighted by atomic mass is 9.88. The topological polar surface area (TPSA) is 58.4 Å². The summed E-state index contributed by atoms with van der Waals surface area (Å²) in [4.78, 5) is 14.2. The zero-order chi connectivity index (χ0) is 13.9. The van der Waals surface area contributed by atoms with E-state index in [4.69, 9.17) is 0 Å². The molecule has 0 spiro atoms. The van der Waals surface area contributed by atoms with Crippen molar-refractivity contribution < 1.29 is 9.90 Å². The van der Waals surface area contributed by atoms with Crippen molar-refractivity contribution in [3.8, 4) is 0 Å². The monoisotopic (exact) mass is 271 g/mol. The van der Waals surface area contributed by atoms with Crippen LogP contribution in [0.25, 0.3) is 10.9 Å². The molecule has 1 saturated heterocycles. The predicted octanol–water partition coefficient (Wildman–Crippen LogP) is 1.17. The summed E-state index contributed by atoms with van der Waals surface area (Å²) in [6.45, 7) is 0.892. The van der Waals surface area contributed by atoms with Crippen LogP contribution in [-0.2, 0) is 7.05 Å². The third-order valence-electron chi connectivity index (χ3n) is 4.51. The number of para-hydroxylation sites is 1. The first-order valence-corrected chi connectivity index (χ1v) is 7.02. The van der Waals surface area contributed by atoms with Crippen LogP contribution in [0.2, 0.25) is 0 Å². The Kier molecular flexibility index (Phi) is 2.27. The zero-order valence-electron chi connectivity index (χ0n) is 11.4. The third kappa shape index (κ3) is 1.59. The minimum absolute atomic E-state index is 0.0767. The number of nitrogens with zero attached hydrogens (tertiary/aromatic N) is 3. The van der Waals surface area contributed by atoms with E-state index in [1.54, 1.807) is 9.58 Å². The van der Waals surface area contributed by atoms with Crippen molar-refractivity contribution in [3.63, 3.8) is 0 Å². The van der Waals surface area contributed by atoms with Gasteiger partial charge in [0.05, 0.1) is 18.6 Å². The normalized spacial score (nSPS) is 21.0. The molecule has 1 aromatic carbocycles. The second-order valence-corrected chi connectivity index (χ2v) is 6.03. The van der Waals surface area contributed by atoms with Gasteiger partial charge in [-0.15, -0.1) is 0 Å². The van der Waals surface area contributed by atoms with Gasteiger partial charge in [-0.2, -0.15) is 5.10 Å². The first-order valence-electron chi connectivity index (χ1n) is 7.02. The average Bonchev–Trinajstić information content (AvgIpc) is 3.21. The lowest BCUT2D eigenvalue weighted by Crippen LogP contribution is -2.64. The molecule has 0 bridgehead atoms. The molecule has 2 aliphatic rings. The van der Waals surface area contributed by atoms with E-state index in [0.29, 0.717) is 24.7 Å². The molecule has 1 aromatic heterocycles. The molecule has 0 radical (unpaired) electrons. The van der Waals surface area contributed by atoms with Crippen molar-refractivity contribution in [2.45, 2.75) is 18.4 Å². The predicted molar refractivity (Wildman–Crippen MR) is 74.3 cm³/mol. The summed E-state index contributed by atoms with van der Waals surface area (Å²) >= 11 is 0. The Balaban J connectivity index is 1.62. The highest BCUT2D eigenvalue weighted by atomic mass is 16.3. The van der Waals surface area contributed by atoms with E-state index in [9.17, 15) is 9.90 Å². The largest absolute Gasteiger partial charge is 0.386 e. The number of β-amino-alcohol motifs (C(OH)–C–C–N with tert-alkyl or cyclic N) is 1. The summed E-state index contributed by atoms with van der Waals surface area (Å²) < 4.78 is 1.73. The number of aliphatic hydroxyl groups is 1. The number of benzene rings is 1. The van der Waals surface area contributed by atoms with Gasteiger partial charge in [0, 0.05) is 12.4 Å². The number of aryl methyl sites for hydroxylation is 1. The Morgan fingerprint density at radius 3 is 2.75 bits per heavy atom. The van der Waals surface area contributed by atoms with Crippen LogP contribution in [-0.4, -0.2) is 44.4 Å². The fourth-order valence-electron chi connectivity index (χ4n) is 3.16. The Morgan fingerprint density at radius 1 is 1.35 bits per heavy atom. The summed E-state index contributed by atoms with van der Waals surface area (Å²) in [7, 11) is 1.84. The van der Waals surface area contributed by atoms with Crippen LogP contribution in [0.3, 0.4) is 0 Å². The van der Waals surface area contributed by atoms with Crippen LogP contribution in [0, 0.1) is 5.92 Å². The number of fused-ring (bicyclic) bond motifs is 1. The molecule has 1 saturated carbocycles. The highest BCUT2D eigenvalue weighted by molar-refractivity contribution is 6.05. The van der Waals surface area contributed by atoms with E-state index in [1.807, 2.05) is 31.3 Å². The van der Waals surface area contributed by atoms with Crippen molar-refractivity contribution in [2.24, 2.45) is 13.0 Å². The lowest BCUT2D eigenvalue weighted by Gasteiger charge is -2.46. The lowest BCUT2D eigenvalue weighted by molar-refractivity contribution is -0.0959. The summed E-state index contributed by atoms with van der Waals surface area (Å²) in [5.41, 5.74) is 0.801. The van der Waals surface area contributed by atoms with Crippen molar-refractivity contribution >= 4 is 16.8 Å². The second kappa shape index (κ2) is 3.82. The summed E-state index contributed by atoms with van der Waals surface area (Å²) in [5, 5.41) is 15.5. The van der Waals surface area contributed by atoms with Gasteiger partial charge in [-0.05, 0) is 24.8 Å². The molecule has 20 heavy (non-hydrogen) atoms. The molecule has 2 aromatic rings. The second-order valence-electron chi connectivity index (χ2n) is 6.03. The van der Waals surface area contributed by atoms with E-state index < -0.39 is 5.60 Å². The van der Waals surface area contributed by atoms with Crippen molar-refractivity contribution in [1.82, 2.24) is 14.7 Å². The molecule has 4 rings (SSSR count). The number of hydrogen-bond acceptors (Lipinski definition) is 3. The smallest absolute Gasteiger partial charge is 0.275 e. The molecule has 104 valence electrons. The minimum atomic E-state index is -0.639. The number of likely N-dealkylation sites (tertiary alicyclic amines) is 1. The van der Waals surface area contributed by atoms with Crippen LogP contribution in [0.1, 0.15) is 23.3 Å². The van der Waals surface area contributed by atoms with E-state index >= 15 is 0 Å². The van der Waals surface area contributed by atoms with E-state index in [2.05, 4.69) is 5.10 Å². The van der Waals surface area contributed by atoms with Gasteiger partial charge >= 0.3 is 0 Å². The van der Waals surface area contributed by atoms with Crippen LogP contribution < -0.4 is 0 Å². The third-order valence-corrected chi connectivity index (χ3v) is 4.51. The van der Waals surface area contributed by atoms with Crippen LogP contribution in [0.5, 0.6) is 0 Å². The highest BCUT2D eigenvalue weighted by Crippen LogP contribution is 2.44. The maximum Gasteiger partial charge on any atom is 0.275 e. The van der Waals surface area contributed by atoms with Gasteiger partial charge < -0.3 is 10.0 Å². The van der Waals surface area contributed by atoms with E-state index in [1.165, 1.54) is 0 Å². The minimum Gasteiger partial charge on any atom is -0.386 e. The Hall–Kier alpha value is -1.88. The van der Waals surface area contributed by atoms with Gasteiger partial charge in [-0.3, -0.25) is 9.48 Å². The number of amides is 1. The highest BCUT2D eigenvalue weighted by Gasteiger charge is 2.53.